The average molecular weight is 483 g/mol. The Morgan fingerprint density at radius 2 is 2.00 bits per heavy atom. The Bertz CT molecular complexity index is 1220. The van der Waals surface area contributed by atoms with Gasteiger partial charge < -0.3 is 9.47 Å². The van der Waals surface area contributed by atoms with Gasteiger partial charge in [0.15, 0.2) is 0 Å². The van der Waals surface area contributed by atoms with E-state index in [2.05, 4.69) is 45.1 Å². The molecule has 180 valence electrons. The number of nitrogens with one attached hydrogen (secondary N) is 1. The van der Waals surface area contributed by atoms with Crippen molar-refractivity contribution >= 4 is 10.0 Å². The van der Waals surface area contributed by atoms with Crippen molar-refractivity contribution in [2.45, 2.75) is 29.7 Å². The van der Waals surface area contributed by atoms with Gasteiger partial charge in [-0.3, -0.25) is 9.58 Å². The molecule has 3 heterocycles. The number of benzene rings is 2. The van der Waals surface area contributed by atoms with Crippen molar-refractivity contribution in [1.29, 1.82) is 0 Å². The van der Waals surface area contributed by atoms with Gasteiger partial charge in [-0.05, 0) is 49.7 Å². The lowest BCUT2D eigenvalue weighted by atomic mass is 9.82. The fourth-order valence-electron chi connectivity index (χ4n) is 4.65. The second-order valence-corrected chi connectivity index (χ2v) is 10.6. The molecule has 0 radical (unpaired) electrons. The fraction of sp³-hybridized carbons (Fsp3) is 0.400. The average Bonchev–Trinajstić information content (AvgIpc) is 3.25. The quantitative estimate of drug-likeness (QED) is 0.472. The molecule has 8 nitrogen and oxygen atoms in total. The number of rotatable bonds is 9. The molecule has 1 fully saturated rings. The van der Waals surface area contributed by atoms with Crippen molar-refractivity contribution < 1.29 is 17.9 Å². The minimum Gasteiger partial charge on any atom is -0.492 e. The zero-order chi connectivity index (χ0) is 23.5. The highest BCUT2D eigenvalue weighted by Crippen LogP contribution is 2.41. The van der Waals surface area contributed by atoms with E-state index in [-0.39, 0.29) is 18.0 Å². The summed E-state index contributed by atoms with van der Waals surface area (Å²) in [5.74, 6) is 1.92. The lowest BCUT2D eigenvalue weighted by molar-refractivity contribution is 0.0500. The molecule has 0 spiro atoms. The summed E-state index contributed by atoms with van der Waals surface area (Å²) >= 11 is 0. The molecule has 2 unspecified atom stereocenters. The number of sulfonamides is 1. The second kappa shape index (κ2) is 9.77. The van der Waals surface area contributed by atoms with Gasteiger partial charge >= 0.3 is 0 Å². The van der Waals surface area contributed by atoms with Crippen LogP contribution in [-0.4, -0.2) is 62.0 Å². The van der Waals surface area contributed by atoms with Crippen LogP contribution in [0.4, 0.5) is 0 Å². The van der Waals surface area contributed by atoms with Crippen molar-refractivity contribution in [2.24, 2.45) is 7.05 Å². The largest absolute Gasteiger partial charge is 0.492 e. The Morgan fingerprint density at radius 1 is 1.18 bits per heavy atom. The molecule has 1 saturated heterocycles. The first-order valence-electron chi connectivity index (χ1n) is 11.7. The monoisotopic (exact) mass is 482 g/mol. The van der Waals surface area contributed by atoms with Gasteiger partial charge in [-0.1, -0.05) is 30.3 Å². The molecular formula is C25H30N4O4S. The Labute approximate surface area is 200 Å². The van der Waals surface area contributed by atoms with E-state index >= 15 is 0 Å². The molecule has 0 amide bonds. The van der Waals surface area contributed by atoms with Gasteiger partial charge in [0.2, 0.25) is 10.0 Å². The van der Waals surface area contributed by atoms with Crippen LogP contribution in [-0.2, 0) is 23.5 Å². The highest BCUT2D eigenvalue weighted by Gasteiger charge is 2.37. The van der Waals surface area contributed by atoms with Crippen LogP contribution in [0.3, 0.4) is 0 Å². The second-order valence-electron chi connectivity index (χ2n) is 8.86. The van der Waals surface area contributed by atoms with Crippen LogP contribution in [0.25, 0.3) is 0 Å². The Kier molecular flexibility index (Phi) is 6.58. The molecule has 0 aliphatic carbocycles. The van der Waals surface area contributed by atoms with Gasteiger partial charge in [-0.15, -0.1) is 0 Å². The van der Waals surface area contributed by atoms with E-state index in [1.807, 2.05) is 18.2 Å². The number of aryl methyl sites for hydroxylation is 1. The van der Waals surface area contributed by atoms with E-state index in [1.165, 1.54) is 29.1 Å². The van der Waals surface area contributed by atoms with Crippen molar-refractivity contribution in [2.75, 3.05) is 32.8 Å². The van der Waals surface area contributed by atoms with Gasteiger partial charge in [0.1, 0.15) is 29.6 Å². The molecule has 2 aliphatic heterocycles. The summed E-state index contributed by atoms with van der Waals surface area (Å²) in [5.41, 5.74) is 2.46. The standard InChI is InChI=1S/C25H30N4O4S/c1-28-17-21(16-26-28)34(30,31)27-10-13-32-20-8-9-25-23(15-20)22(14-19-6-3-2-4-7-19)24(18-33-25)29-11-5-12-29/h2-4,6-9,15-17,22,24,27H,5,10-14,18H2,1H3. The van der Waals surface area contributed by atoms with Crippen molar-refractivity contribution in [1.82, 2.24) is 19.4 Å². The minimum absolute atomic E-state index is 0.140. The molecule has 0 bridgehead atoms. The van der Waals surface area contributed by atoms with Gasteiger partial charge in [-0.2, -0.15) is 5.10 Å². The first-order valence-corrected chi connectivity index (χ1v) is 13.1. The first kappa shape index (κ1) is 22.9. The number of fused-ring (bicyclic) bond motifs is 1. The van der Waals surface area contributed by atoms with E-state index in [9.17, 15) is 8.42 Å². The summed E-state index contributed by atoms with van der Waals surface area (Å²) in [5, 5.41) is 3.92. The third-order valence-corrected chi connectivity index (χ3v) is 7.98. The molecule has 2 aromatic carbocycles. The van der Waals surface area contributed by atoms with Crippen LogP contribution in [0.15, 0.2) is 65.8 Å². The van der Waals surface area contributed by atoms with Crippen LogP contribution >= 0.6 is 0 Å². The number of ether oxygens (including phenoxy) is 2. The van der Waals surface area contributed by atoms with Crippen molar-refractivity contribution in [3.05, 3.63) is 72.1 Å². The lowest BCUT2D eigenvalue weighted by Crippen LogP contribution is -2.52. The first-order chi connectivity index (χ1) is 16.5. The van der Waals surface area contributed by atoms with Crippen LogP contribution in [0, 0.1) is 0 Å². The van der Waals surface area contributed by atoms with Crippen LogP contribution in [0.5, 0.6) is 11.5 Å². The van der Waals surface area contributed by atoms with E-state index < -0.39 is 10.0 Å². The highest BCUT2D eigenvalue weighted by atomic mass is 32.2. The molecule has 1 aromatic heterocycles. The van der Waals surface area contributed by atoms with Crippen LogP contribution < -0.4 is 14.2 Å². The smallest absolute Gasteiger partial charge is 0.243 e. The van der Waals surface area contributed by atoms with Gasteiger partial charge in [0.05, 0.1) is 12.2 Å². The lowest BCUT2D eigenvalue weighted by Gasteiger charge is -2.45. The van der Waals surface area contributed by atoms with Crippen LogP contribution in [0.2, 0.25) is 0 Å². The summed E-state index contributed by atoms with van der Waals surface area (Å²) < 4.78 is 40.8. The zero-order valence-electron chi connectivity index (χ0n) is 19.3. The van der Waals surface area contributed by atoms with E-state index in [4.69, 9.17) is 9.47 Å². The Hall–Kier alpha value is -2.88. The maximum Gasteiger partial charge on any atom is 0.243 e. The third-order valence-electron chi connectivity index (χ3n) is 6.57. The van der Waals surface area contributed by atoms with Gasteiger partial charge in [0, 0.05) is 31.3 Å². The molecule has 9 heteroatoms. The maximum absolute atomic E-state index is 12.4. The zero-order valence-corrected chi connectivity index (χ0v) is 20.1. The molecule has 0 saturated carbocycles. The normalized spacial score (nSPS) is 20.3. The molecule has 1 N–H and O–H groups in total. The Balaban J connectivity index is 1.28. The molecular weight excluding hydrogens is 452 g/mol. The Morgan fingerprint density at radius 3 is 2.71 bits per heavy atom. The third kappa shape index (κ3) is 4.96. The SMILES string of the molecule is Cn1cc(S(=O)(=O)NCCOc2ccc3c(c2)C(Cc2ccccc2)C(N2CCC2)CO3)cn1. The fourth-order valence-corrected chi connectivity index (χ4v) is 5.64. The van der Waals surface area contributed by atoms with E-state index in [1.54, 1.807) is 7.05 Å². The molecule has 3 aromatic rings. The number of hydrogen-bond donors (Lipinski definition) is 1. The van der Waals surface area contributed by atoms with E-state index in [0.717, 1.165) is 30.8 Å². The van der Waals surface area contributed by atoms with Crippen LogP contribution in [0.1, 0.15) is 23.5 Å². The number of nitrogens with zero attached hydrogens (tertiary/aromatic N) is 3. The predicted octanol–water partition coefficient (Wildman–Crippen LogP) is 2.57. The predicted molar refractivity (Wildman–Crippen MR) is 129 cm³/mol. The summed E-state index contributed by atoms with van der Waals surface area (Å²) in [7, 11) is -1.92. The molecule has 34 heavy (non-hydrogen) atoms. The molecule has 2 aliphatic rings. The summed E-state index contributed by atoms with van der Waals surface area (Å²) in [4.78, 5) is 2.65. The van der Waals surface area contributed by atoms with Gasteiger partial charge in [-0.25, -0.2) is 13.1 Å². The highest BCUT2D eigenvalue weighted by molar-refractivity contribution is 7.89. The summed E-state index contributed by atoms with van der Waals surface area (Å²) in [6, 6.07) is 16.8. The summed E-state index contributed by atoms with van der Waals surface area (Å²) in [6.45, 7) is 3.30. The van der Waals surface area contributed by atoms with Crippen molar-refractivity contribution in [3.63, 3.8) is 0 Å². The number of aromatic nitrogens is 2. The number of likely N-dealkylation sites (tertiary alicyclic amines) is 1. The maximum atomic E-state index is 12.4. The summed E-state index contributed by atoms with van der Waals surface area (Å²) in [6.07, 6.45) is 4.97. The van der Waals surface area contributed by atoms with Gasteiger partial charge in [0.25, 0.3) is 0 Å². The number of hydrogen-bond acceptors (Lipinski definition) is 6. The topological polar surface area (TPSA) is 85.7 Å². The van der Waals surface area contributed by atoms with E-state index in [0.29, 0.717) is 24.3 Å². The molecule has 5 rings (SSSR count). The molecule has 2 atom stereocenters. The van der Waals surface area contributed by atoms with Crippen molar-refractivity contribution in [3.8, 4) is 11.5 Å². The minimum atomic E-state index is -3.60.